The smallest absolute Gasteiger partial charge is 0.283 e. The van der Waals surface area contributed by atoms with E-state index in [4.69, 9.17) is 0 Å². The van der Waals surface area contributed by atoms with Crippen molar-refractivity contribution in [2.24, 2.45) is 0 Å². The van der Waals surface area contributed by atoms with Crippen LogP contribution in [0.2, 0.25) is 0 Å². The summed E-state index contributed by atoms with van der Waals surface area (Å²) in [6, 6.07) is 9.00. The standard InChI is InChI=1S/C16H15N5O2/c1-3-20-9(2)14-12(8-13(20)22)19-21(15(14)23)16-17-10-6-4-5-7-11(10)18-16/h4-8,19H,3H2,1-2H3,(H,17,18). The third-order valence-electron chi connectivity index (χ3n) is 4.12. The molecule has 23 heavy (non-hydrogen) atoms. The van der Waals surface area contributed by atoms with Crippen LogP contribution in [0.4, 0.5) is 0 Å². The average Bonchev–Trinajstić information content (AvgIpc) is 3.08. The summed E-state index contributed by atoms with van der Waals surface area (Å²) in [4.78, 5) is 32.4. The Labute approximate surface area is 130 Å². The molecule has 0 fully saturated rings. The molecular weight excluding hydrogens is 294 g/mol. The van der Waals surface area contributed by atoms with Crippen molar-refractivity contribution in [1.29, 1.82) is 0 Å². The van der Waals surface area contributed by atoms with Gasteiger partial charge in [0, 0.05) is 18.3 Å². The van der Waals surface area contributed by atoms with Crippen LogP contribution in [0.3, 0.4) is 0 Å². The molecule has 7 heteroatoms. The first-order valence-electron chi connectivity index (χ1n) is 7.40. The number of aromatic nitrogens is 5. The molecule has 0 amide bonds. The Morgan fingerprint density at radius 3 is 2.70 bits per heavy atom. The van der Waals surface area contributed by atoms with Gasteiger partial charge in [0.2, 0.25) is 5.95 Å². The average molecular weight is 309 g/mol. The maximum Gasteiger partial charge on any atom is 0.283 e. The van der Waals surface area contributed by atoms with Crippen molar-refractivity contribution in [1.82, 2.24) is 24.3 Å². The zero-order valence-electron chi connectivity index (χ0n) is 12.8. The number of hydrogen-bond donors (Lipinski definition) is 2. The molecule has 1 aromatic carbocycles. The van der Waals surface area contributed by atoms with Crippen molar-refractivity contribution in [2.75, 3.05) is 0 Å². The molecule has 0 atom stereocenters. The Balaban J connectivity index is 2.05. The van der Waals surface area contributed by atoms with Crippen LogP contribution < -0.4 is 11.1 Å². The topological polar surface area (TPSA) is 88.5 Å². The third-order valence-corrected chi connectivity index (χ3v) is 4.12. The summed E-state index contributed by atoms with van der Waals surface area (Å²) in [6.07, 6.45) is 0. The van der Waals surface area contributed by atoms with Crippen molar-refractivity contribution in [3.05, 3.63) is 56.7 Å². The molecule has 0 aliphatic heterocycles. The summed E-state index contributed by atoms with van der Waals surface area (Å²) < 4.78 is 2.93. The molecule has 0 saturated carbocycles. The lowest BCUT2D eigenvalue weighted by Crippen LogP contribution is -2.22. The number of aryl methyl sites for hydroxylation is 1. The van der Waals surface area contributed by atoms with Crippen LogP contribution in [0.1, 0.15) is 12.6 Å². The van der Waals surface area contributed by atoms with Gasteiger partial charge in [-0.1, -0.05) is 12.1 Å². The van der Waals surface area contributed by atoms with Crippen LogP contribution in [-0.2, 0) is 6.54 Å². The van der Waals surface area contributed by atoms with E-state index in [1.165, 1.54) is 10.7 Å². The number of rotatable bonds is 2. The summed E-state index contributed by atoms with van der Waals surface area (Å²) in [6.45, 7) is 4.19. The molecule has 4 rings (SSSR count). The number of benzene rings is 1. The van der Waals surface area contributed by atoms with Gasteiger partial charge < -0.3 is 9.55 Å². The van der Waals surface area contributed by atoms with Gasteiger partial charge in [0.1, 0.15) is 0 Å². The zero-order valence-corrected chi connectivity index (χ0v) is 12.8. The monoisotopic (exact) mass is 309 g/mol. The SMILES string of the molecule is CCn1c(C)c2c(=O)n(-c3nc4ccccc4[nH]3)[nH]c2cc1=O. The van der Waals surface area contributed by atoms with Gasteiger partial charge >= 0.3 is 0 Å². The first-order valence-corrected chi connectivity index (χ1v) is 7.40. The normalized spacial score (nSPS) is 11.6. The van der Waals surface area contributed by atoms with Gasteiger partial charge in [0.15, 0.2) is 0 Å². The van der Waals surface area contributed by atoms with Gasteiger partial charge in [-0.3, -0.25) is 14.7 Å². The fraction of sp³-hybridized carbons (Fsp3) is 0.188. The Hall–Kier alpha value is -3.09. The number of imidazole rings is 1. The summed E-state index contributed by atoms with van der Waals surface area (Å²) in [5.74, 6) is 0.405. The number of H-pyrrole nitrogens is 2. The molecule has 0 unspecified atom stereocenters. The Bertz CT molecular complexity index is 1130. The zero-order chi connectivity index (χ0) is 16.1. The number of nitrogens with one attached hydrogen (secondary N) is 2. The number of nitrogens with zero attached hydrogens (tertiary/aromatic N) is 3. The van der Waals surface area contributed by atoms with Crippen molar-refractivity contribution >= 4 is 21.9 Å². The van der Waals surface area contributed by atoms with Crippen molar-refractivity contribution in [2.45, 2.75) is 20.4 Å². The van der Waals surface area contributed by atoms with Crippen molar-refractivity contribution in [3.8, 4) is 5.95 Å². The Morgan fingerprint density at radius 1 is 1.17 bits per heavy atom. The molecule has 0 aliphatic rings. The molecule has 0 saturated heterocycles. The van der Waals surface area contributed by atoms with E-state index in [0.29, 0.717) is 29.1 Å². The largest absolute Gasteiger partial charge is 0.322 e. The molecule has 0 spiro atoms. The molecule has 3 heterocycles. The summed E-state index contributed by atoms with van der Waals surface area (Å²) in [5.41, 5.74) is 2.44. The Kier molecular flexibility index (Phi) is 2.77. The minimum atomic E-state index is -0.223. The van der Waals surface area contributed by atoms with E-state index < -0.39 is 0 Å². The highest BCUT2D eigenvalue weighted by Crippen LogP contribution is 2.15. The van der Waals surface area contributed by atoms with Crippen LogP contribution in [0.5, 0.6) is 0 Å². The fourth-order valence-electron chi connectivity index (χ4n) is 3.00. The summed E-state index contributed by atoms with van der Waals surface area (Å²) >= 11 is 0. The minimum Gasteiger partial charge on any atom is -0.322 e. The molecule has 2 N–H and O–H groups in total. The van der Waals surface area contributed by atoms with Gasteiger partial charge in [-0.15, -0.1) is 0 Å². The van der Waals surface area contributed by atoms with Crippen LogP contribution in [0, 0.1) is 6.92 Å². The first kappa shape index (κ1) is 13.6. The van der Waals surface area contributed by atoms with Gasteiger partial charge in [-0.05, 0) is 26.0 Å². The maximum absolute atomic E-state index is 12.8. The molecular formula is C16H15N5O2. The van der Waals surface area contributed by atoms with E-state index in [9.17, 15) is 9.59 Å². The highest BCUT2D eigenvalue weighted by Gasteiger charge is 2.16. The van der Waals surface area contributed by atoms with E-state index in [1.807, 2.05) is 31.2 Å². The number of fused-ring (bicyclic) bond motifs is 2. The lowest BCUT2D eigenvalue weighted by Gasteiger charge is -2.05. The predicted molar refractivity (Wildman–Crippen MR) is 88.2 cm³/mol. The molecule has 116 valence electrons. The molecule has 4 aromatic rings. The summed E-state index contributed by atoms with van der Waals surface area (Å²) in [5, 5.41) is 3.48. The van der Waals surface area contributed by atoms with E-state index in [0.717, 1.165) is 11.0 Å². The predicted octanol–water partition coefficient (Wildman–Crippen LogP) is 1.69. The van der Waals surface area contributed by atoms with Gasteiger partial charge in [-0.2, -0.15) is 4.68 Å². The molecule has 3 aromatic heterocycles. The van der Waals surface area contributed by atoms with Crippen LogP contribution in [0.25, 0.3) is 27.9 Å². The van der Waals surface area contributed by atoms with Gasteiger partial charge in [0.05, 0.1) is 21.9 Å². The number of pyridine rings is 1. The fourth-order valence-corrected chi connectivity index (χ4v) is 3.00. The second-order valence-electron chi connectivity index (χ2n) is 5.43. The van der Waals surface area contributed by atoms with Crippen molar-refractivity contribution in [3.63, 3.8) is 0 Å². The second kappa shape index (κ2) is 4.70. The van der Waals surface area contributed by atoms with E-state index in [2.05, 4.69) is 15.1 Å². The maximum atomic E-state index is 12.8. The van der Waals surface area contributed by atoms with Crippen LogP contribution in [0.15, 0.2) is 39.9 Å². The van der Waals surface area contributed by atoms with E-state index in [1.54, 1.807) is 11.5 Å². The second-order valence-corrected chi connectivity index (χ2v) is 5.43. The molecule has 0 aliphatic carbocycles. The number of para-hydroxylation sites is 2. The third kappa shape index (κ3) is 1.86. The van der Waals surface area contributed by atoms with E-state index >= 15 is 0 Å². The Morgan fingerprint density at radius 2 is 1.96 bits per heavy atom. The molecule has 0 radical (unpaired) electrons. The van der Waals surface area contributed by atoms with Crippen LogP contribution in [-0.4, -0.2) is 24.3 Å². The number of hydrogen-bond acceptors (Lipinski definition) is 3. The number of aromatic amines is 2. The first-order chi connectivity index (χ1) is 11.1. The van der Waals surface area contributed by atoms with Gasteiger partial charge in [0.25, 0.3) is 11.1 Å². The lowest BCUT2D eigenvalue weighted by molar-refractivity contribution is 0.708. The van der Waals surface area contributed by atoms with E-state index in [-0.39, 0.29) is 11.1 Å². The minimum absolute atomic E-state index is 0.129. The summed E-state index contributed by atoms with van der Waals surface area (Å²) in [7, 11) is 0. The molecule has 0 bridgehead atoms. The highest BCUT2D eigenvalue weighted by molar-refractivity contribution is 5.81. The van der Waals surface area contributed by atoms with Crippen molar-refractivity contribution < 1.29 is 0 Å². The van der Waals surface area contributed by atoms with Gasteiger partial charge in [-0.25, -0.2) is 4.98 Å². The lowest BCUT2D eigenvalue weighted by atomic mass is 10.2. The van der Waals surface area contributed by atoms with Crippen LogP contribution >= 0.6 is 0 Å². The quantitative estimate of drug-likeness (QED) is 0.590. The molecule has 7 nitrogen and oxygen atoms in total. The highest BCUT2D eigenvalue weighted by atomic mass is 16.1.